The Morgan fingerprint density at radius 1 is 1.60 bits per heavy atom. The number of hydrogen-bond donors (Lipinski definition) is 2. The van der Waals surface area contributed by atoms with Gasteiger partial charge in [-0.2, -0.15) is 5.10 Å². The number of nitrogens with zero attached hydrogens (tertiary/aromatic N) is 2. The first-order valence-electron chi connectivity index (χ1n) is 4.18. The Kier molecular flexibility index (Phi) is 5.58. The Morgan fingerprint density at radius 2 is 2.27 bits per heavy atom. The molecule has 0 radical (unpaired) electrons. The summed E-state index contributed by atoms with van der Waals surface area (Å²) in [6.45, 7) is 0.765. The van der Waals surface area contributed by atoms with Gasteiger partial charge in [-0.3, -0.25) is 9.59 Å². The summed E-state index contributed by atoms with van der Waals surface area (Å²) in [4.78, 5) is 22.3. The summed E-state index contributed by atoms with van der Waals surface area (Å²) in [7, 11) is 1.49. The lowest BCUT2D eigenvalue weighted by Gasteiger charge is -2.03. The topological polar surface area (TPSA) is 90.0 Å². The third-order valence-electron chi connectivity index (χ3n) is 1.62. The summed E-state index contributed by atoms with van der Waals surface area (Å²) in [5, 5.41) is 6.33. The fraction of sp³-hybridized carbons (Fsp3) is 0.375. The lowest BCUT2D eigenvalue weighted by atomic mass is 10.3. The van der Waals surface area contributed by atoms with Gasteiger partial charge in [-0.1, -0.05) is 0 Å². The number of carbonyl (C=O) groups is 1. The largest absolute Gasteiger partial charge is 0.349 e. The van der Waals surface area contributed by atoms with Gasteiger partial charge in [-0.05, 0) is 6.07 Å². The Labute approximate surface area is 92.9 Å². The predicted molar refractivity (Wildman–Crippen MR) is 58.1 cm³/mol. The normalized spacial score (nSPS) is 9.20. The van der Waals surface area contributed by atoms with Crippen molar-refractivity contribution in [1.82, 2.24) is 15.1 Å². The number of carbonyl (C=O) groups excluding carboxylic acids is 1. The summed E-state index contributed by atoms with van der Waals surface area (Å²) in [5.41, 5.74) is 5.18. The van der Waals surface area contributed by atoms with Crippen molar-refractivity contribution in [2.24, 2.45) is 12.8 Å². The molecule has 1 heterocycles. The smallest absolute Gasteiger partial charge is 0.271 e. The highest BCUT2D eigenvalue weighted by molar-refractivity contribution is 5.91. The van der Waals surface area contributed by atoms with Gasteiger partial charge in [0.05, 0.1) is 0 Å². The van der Waals surface area contributed by atoms with E-state index < -0.39 is 0 Å². The molecule has 0 aliphatic heterocycles. The molecule has 1 aromatic heterocycles. The molecule has 1 aromatic rings. The molecule has 7 heteroatoms. The van der Waals surface area contributed by atoms with Crippen LogP contribution in [0.15, 0.2) is 16.9 Å². The van der Waals surface area contributed by atoms with Gasteiger partial charge in [0.1, 0.15) is 5.69 Å². The van der Waals surface area contributed by atoms with Crippen LogP contribution >= 0.6 is 12.4 Å². The molecular weight excluding hydrogens is 220 g/mol. The van der Waals surface area contributed by atoms with Gasteiger partial charge >= 0.3 is 0 Å². The Hall–Kier alpha value is -1.40. The van der Waals surface area contributed by atoms with Crippen molar-refractivity contribution in [2.75, 3.05) is 13.1 Å². The standard InChI is InChI=1S/C8H12N4O2.ClH/c1-12-7(13)3-2-6(11-12)8(14)10-5-4-9;/h2-3H,4-5,9H2,1H3,(H,10,14);1H. The zero-order chi connectivity index (χ0) is 10.6. The Bertz CT molecular complexity index is 390. The van der Waals surface area contributed by atoms with Crippen molar-refractivity contribution < 1.29 is 4.79 Å². The van der Waals surface area contributed by atoms with E-state index in [1.807, 2.05) is 0 Å². The third-order valence-corrected chi connectivity index (χ3v) is 1.62. The first-order valence-corrected chi connectivity index (χ1v) is 4.18. The zero-order valence-electron chi connectivity index (χ0n) is 8.27. The molecule has 1 rings (SSSR count). The molecule has 0 atom stereocenters. The van der Waals surface area contributed by atoms with Crippen LogP contribution in [0.1, 0.15) is 10.5 Å². The fourth-order valence-corrected chi connectivity index (χ4v) is 0.900. The molecule has 3 N–H and O–H groups in total. The molecule has 15 heavy (non-hydrogen) atoms. The van der Waals surface area contributed by atoms with E-state index in [1.54, 1.807) is 0 Å². The van der Waals surface area contributed by atoms with E-state index in [2.05, 4.69) is 10.4 Å². The fourth-order valence-electron chi connectivity index (χ4n) is 0.900. The molecule has 0 fully saturated rings. The van der Waals surface area contributed by atoms with Crippen LogP contribution in [0.2, 0.25) is 0 Å². The highest BCUT2D eigenvalue weighted by atomic mass is 35.5. The molecule has 1 amide bonds. The molecule has 6 nitrogen and oxygen atoms in total. The predicted octanol–water partition coefficient (Wildman–Crippen LogP) is -1.11. The van der Waals surface area contributed by atoms with Crippen LogP contribution < -0.4 is 16.6 Å². The first-order chi connectivity index (χ1) is 6.65. The molecule has 0 saturated carbocycles. The molecule has 0 saturated heterocycles. The lowest BCUT2D eigenvalue weighted by Crippen LogP contribution is -2.31. The van der Waals surface area contributed by atoms with E-state index in [0.29, 0.717) is 13.1 Å². The Balaban J connectivity index is 0.00000196. The monoisotopic (exact) mass is 232 g/mol. The number of nitrogens with one attached hydrogen (secondary N) is 1. The van der Waals surface area contributed by atoms with Crippen LogP contribution in [0.5, 0.6) is 0 Å². The molecule has 0 unspecified atom stereocenters. The molecular formula is C8H13ClN4O2. The minimum atomic E-state index is -0.328. The molecule has 84 valence electrons. The quantitative estimate of drug-likeness (QED) is 0.692. The summed E-state index contributed by atoms with van der Waals surface area (Å²) in [6.07, 6.45) is 0. The number of nitrogens with two attached hydrogens (primary N) is 1. The lowest BCUT2D eigenvalue weighted by molar-refractivity contribution is 0.0947. The van der Waals surface area contributed by atoms with Crippen LogP contribution in [0.25, 0.3) is 0 Å². The van der Waals surface area contributed by atoms with Crippen LogP contribution in [0.4, 0.5) is 0 Å². The average molecular weight is 233 g/mol. The summed E-state index contributed by atoms with van der Waals surface area (Å²) >= 11 is 0. The van der Waals surface area contributed by atoms with Gasteiger partial charge < -0.3 is 11.1 Å². The van der Waals surface area contributed by atoms with Crippen molar-refractivity contribution in [1.29, 1.82) is 0 Å². The minimum absolute atomic E-state index is 0. The highest BCUT2D eigenvalue weighted by Crippen LogP contribution is 1.88. The van der Waals surface area contributed by atoms with E-state index in [0.717, 1.165) is 4.68 Å². The van der Waals surface area contributed by atoms with Crippen molar-refractivity contribution in [3.8, 4) is 0 Å². The third kappa shape index (κ3) is 3.69. The molecule has 0 bridgehead atoms. The molecule has 0 aliphatic rings. The van der Waals surface area contributed by atoms with Gasteiger partial charge in [0.15, 0.2) is 0 Å². The van der Waals surface area contributed by atoms with E-state index in [-0.39, 0.29) is 29.6 Å². The number of amides is 1. The van der Waals surface area contributed by atoms with Gasteiger partial charge in [-0.25, -0.2) is 4.68 Å². The maximum absolute atomic E-state index is 11.3. The first kappa shape index (κ1) is 13.6. The van der Waals surface area contributed by atoms with Crippen molar-refractivity contribution in [3.63, 3.8) is 0 Å². The maximum atomic E-state index is 11.3. The van der Waals surface area contributed by atoms with Gasteiger partial charge in [0.25, 0.3) is 11.5 Å². The number of hydrogen-bond acceptors (Lipinski definition) is 4. The van der Waals surface area contributed by atoms with Gasteiger partial charge in [-0.15, -0.1) is 12.4 Å². The summed E-state index contributed by atoms with van der Waals surface area (Å²) in [6, 6.07) is 2.68. The van der Waals surface area contributed by atoms with Crippen LogP contribution in [-0.2, 0) is 7.05 Å². The summed E-state index contributed by atoms with van der Waals surface area (Å²) < 4.78 is 1.11. The van der Waals surface area contributed by atoms with E-state index in [4.69, 9.17) is 5.73 Å². The summed E-state index contributed by atoms with van der Waals surface area (Å²) in [5.74, 6) is -0.328. The molecule has 0 aliphatic carbocycles. The van der Waals surface area contributed by atoms with Crippen molar-refractivity contribution in [2.45, 2.75) is 0 Å². The minimum Gasteiger partial charge on any atom is -0.349 e. The number of rotatable bonds is 3. The van der Waals surface area contributed by atoms with E-state index in [9.17, 15) is 9.59 Å². The number of halogens is 1. The van der Waals surface area contributed by atoms with E-state index in [1.165, 1.54) is 19.2 Å². The maximum Gasteiger partial charge on any atom is 0.271 e. The Morgan fingerprint density at radius 3 is 2.80 bits per heavy atom. The van der Waals surface area contributed by atoms with Crippen molar-refractivity contribution in [3.05, 3.63) is 28.2 Å². The van der Waals surface area contributed by atoms with Crippen LogP contribution in [0.3, 0.4) is 0 Å². The van der Waals surface area contributed by atoms with E-state index >= 15 is 0 Å². The van der Waals surface area contributed by atoms with Crippen LogP contribution in [0, 0.1) is 0 Å². The number of aromatic nitrogens is 2. The average Bonchev–Trinajstić information content (AvgIpc) is 2.18. The second-order valence-corrected chi connectivity index (χ2v) is 2.72. The van der Waals surface area contributed by atoms with Crippen LogP contribution in [-0.4, -0.2) is 28.8 Å². The molecule has 0 aromatic carbocycles. The second-order valence-electron chi connectivity index (χ2n) is 2.72. The van der Waals surface area contributed by atoms with Gasteiger partial charge in [0, 0.05) is 26.2 Å². The SMILES string of the molecule is Cl.Cn1nc(C(=O)NCCN)ccc1=O. The van der Waals surface area contributed by atoms with Crippen molar-refractivity contribution >= 4 is 18.3 Å². The zero-order valence-corrected chi connectivity index (χ0v) is 9.08. The number of aryl methyl sites for hydroxylation is 1. The second kappa shape index (κ2) is 6.15. The highest BCUT2D eigenvalue weighted by Gasteiger charge is 2.06. The van der Waals surface area contributed by atoms with Gasteiger partial charge in [0.2, 0.25) is 0 Å². The molecule has 0 spiro atoms.